The van der Waals surface area contributed by atoms with E-state index in [1.165, 1.54) is 7.11 Å². The summed E-state index contributed by atoms with van der Waals surface area (Å²) in [6.07, 6.45) is -4.10. The molecule has 166 valence electrons. The summed E-state index contributed by atoms with van der Waals surface area (Å²) >= 11 is 6.32. The van der Waals surface area contributed by atoms with Crippen LogP contribution in [-0.2, 0) is 18.2 Å². The maximum atomic E-state index is 14.0. The van der Waals surface area contributed by atoms with Gasteiger partial charge in [-0.15, -0.1) is 0 Å². The van der Waals surface area contributed by atoms with Crippen LogP contribution < -0.4 is 9.47 Å². The molecule has 2 heterocycles. The van der Waals surface area contributed by atoms with E-state index in [0.29, 0.717) is 46.0 Å². The van der Waals surface area contributed by atoms with Crippen LogP contribution in [0.4, 0.5) is 17.6 Å². The fourth-order valence-corrected chi connectivity index (χ4v) is 2.96. The lowest BCUT2D eigenvalue weighted by molar-refractivity contribution is -0.138. The molecule has 2 aromatic heterocycles. The van der Waals surface area contributed by atoms with Crippen LogP contribution in [0.5, 0.6) is 11.5 Å². The van der Waals surface area contributed by atoms with E-state index in [0.717, 1.165) is 0 Å². The number of H-pyrrole nitrogens is 1. The Labute approximate surface area is 181 Å². The summed E-state index contributed by atoms with van der Waals surface area (Å²) in [4.78, 5) is 11.1. The topological polar surface area (TPSA) is 60.0 Å². The highest BCUT2D eigenvalue weighted by Crippen LogP contribution is 2.37. The fraction of sp³-hybridized carbons (Fsp3) is 0.333. The third kappa shape index (κ3) is 5.10. The Morgan fingerprint density at radius 2 is 1.84 bits per heavy atom. The van der Waals surface area contributed by atoms with Gasteiger partial charge in [0.15, 0.2) is 0 Å². The van der Waals surface area contributed by atoms with Crippen molar-refractivity contribution in [2.75, 3.05) is 7.11 Å². The zero-order chi connectivity index (χ0) is 23.0. The first-order valence-electron chi connectivity index (χ1n) is 9.19. The molecule has 0 atom stereocenters. The second-order valence-corrected chi connectivity index (χ2v) is 8.18. The number of nitrogens with one attached hydrogen (secondary N) is 1. The van der Waals surface area contributed by atoms with Crippen LogP contribution in [0.15, 0.2) is 30.5 Å². The SMILES string of the molecule is COc1cc(OCc2ncc(C(F)(F)F)cc2F)ccc1-c1nc(C(C)(C)C)[nH]c1Cl. The van der Waals surface area contributed by atoms with Crippen LogP contribution in [0, 0.1) is 5.82 Å². The zero-order valence-corrected chi connectivity index (χ0v) is 18.0. The van der Waals surface area contributed by atoms with Crippen LogP contribution in [0.2, 0.25) is 5.15 Å². The fourth-order valence-electron chi connectivity index (χ4n) is 2.72. The number of halogens is 5. The maximum Gasteiger partial charge on any atom is 0.417 e. The number of aromatic amines is 1. The minimum atomic E-state index is -4.67. The number of ether oxygens (including phenoxy) is 2. The number of alkyl halides is 3. The number of rotatable bonds is 5. The molecule has 31 heavy (non-hydrogen) atoms. The first kappa shape index (κ1) is 22.9. The Bertz CT molecular complexity index is 1090. The molecule has 10 heteroatoms. The Hall–Kier alpha value is -2.81. The second-order valence-electron chi connectivity index (χ2n) is 7.80. The molecule has 1 N–H and O–H groups in total. The molecule has 0 aliphatic rings. The highest BCUT2D eigenvalue weighted by molar-refractivity contribution is 6.32. The lowest BCUT2D eigenvalue weighted by Crippen LogP contribution is -2.13. The molecule has 5 nitrogen and oxygen atoms in total. The number of benzene rings is 1. The van der Waals surface area contributed by atoms with Gasteiger partial charge in [0.05, 0.1) is 12.7 Å². The summed E-state index contributed by atoms with van der Waals surface area (Å²) in [6.45, 7) is 5.63. The van der Waals surface area contributed by atoms with Crippen molar-refractivity contribution in [2.45, 2.75) is 39.0 Å². The minimum Gasteiger partial charge on any atom is -0.496 e. The van der Waals surface area contributed by atoms with Crippen molar-refractivity contribution in [3.63, 3.8) is 0 Å². The van der Waals surface area contributed by atoms with Gasteiger partial charge in [-0.3, -0.25) is 4.98 Å². The second kappa shape index (κ2) is 8.37. The van der Waals surface area contributed by atoms with E-state index in [2.05, 4.69) is 15.0 Å². The van der Waals surface area contributed by atoms with Crippen molar-refractivity contribution in [1.82, 2.24) is 15.0 Å². The predicted octanol–water partition coefficient (Wildman–Crippen LogP) is 6.17. The number of nitrogens with zero attached hydrogens (tertiary/aromatic N) is 2. The van der Waals surface area contributed by atoms with Gasteiger partial charge in [0, 0.05) is 23.2 Å². The number of hydrogen-bond acceptors (Lipinski definition) is 4. The molecule has 0 aliphatic carbocycles. The quantitative estimate of drug-likeness (QED) is 0.465. The molecule has 1 aromatic carbocycles. The van der Waals surface area contributed by atoms with Gasteiger partial charge in [0.1, 0.15) is 46.3 Å². The summed E-state index contributed by atoms with van der Waals surface area (Å²) in [5, 5.41) is 0.355. The molecule has 3 rings (SSSR count). The molecule has 0 unspecified atom stereocenters. The Kier molecular flexibility index (Phi) is 6.18. The summed E-state index contributed by atoms with van der Waals surface area (Å²) in [7, 11) is 1.46. The first-order valence-corrected chi connectivity index (χ1v) is 9.56. The van der Waals surface area contributed by atoms with E-state index in [-0.39, 0.29) is 17.7 Å². The monoisotopic (exact) mass is 457 g/mol. The molecule has 3 aromatic rings. The number of imidazole rings is 1. The van der Waals surface area contributed by atoms with Crippen molar-refractivity contribution in [1.29, 1.82) is 0 Å². The Morgan fingerprint density at radius 1 is 1.13 bits per heavy atom. The van der Waals surface area contributed by atoms with Crippen LogP contribution in [0.3, 0.4) is 0 Å². The molecular weight excluding hydrogens is 438 g/mol. The molecule has 0 amide bonds. The van der Waals surface area contributed by atoms with E-state index >= 15 is 0 Å². The summed E-state index contributed by atoms with van der Waals surface area (Å²) in [5.41, 5.74) is -0.529. The van der Waals surface area contributed by atoms with Crippen LogP contribution in [-0.4, -0.2) is 22.1 Å². The number of methoxy groups -OCH3 is 1. The molecule has 0 saturated heterocycles. The maximum absolute atomic E-state index is 14.0. The van der Waals surface area contributed by atoms with Gasteiger partial charge >= 0.3 is 6.18 Å². The predicted molar refractivity (Wildman–Crippen MR) is 108 cm³/mol. The molecule has 0 spiro atoms. The van der Waals surface area contributed by atoms with E-state index < -0.39 is 17.6 Å². The summed E-state index contributed by atoms with van der Waals surface area (Å²) < 4.78 is 62.8. The van der Waals surface area contributed by atoms with Crippen LogP contribution >= 0.6 is 11.6 Å². The smallest absolute Gasteiger partial charge is 0.417 e. The molecule has 0 saturated carbocycles. The third-order valence-electron chi connectivity index (χ3n) is 4.42. The van der Waals surface area contributed by atoms with E-state index in [4.69, 9.17) is 21.1 Å². The standard InChI is InChI=1S/C21H20ClF4N3O2/c1-20(2,3)19-28-17(18(22)29-19)13-6-5-12(8-16(13)30-4)31-10-15-14(23)7-11(9-27-15)21(24,25)26/h5-9H,10H2,1-4H3,(H,28,29). The van der Waals surface area contributed by atoms with Crippen LogP contribution in [0.25, 0.3) is 11.3 Å². The van der Waals surface area contributed by atoms with Crippen LogP contribution in [0.1, 0.15) is 37.9 Å². The molecule has 0 fully saturated rings. The summed E-state index contributed by atoms with van der Waals surface area (Å²) in [5.74, 6) is 0.326. The number of pyridine rings is 1. The Balaban J connectivity index is 1.82. The lowest BCUT2D eigenvalue weighted by atomic mass is 9.96. The highest BCUT2D eigenvalue weighted by atomic mass is 35.5. The van der Waals surface area contributed by atoms with Gasteiger partial charge < -0.3 is 14.5 Å². The number of hydrogen-bond donors (Lipinski definition) is 1. The molecular formula is C21H20ClF4N3O2. The van der Waals surface area contributed by atoms with Gasteiger partial charge in [-0.2, -0.15) is 13.2 Å². The average Bonchev–Trinajstić information content (AvgIpc) is 3.08. The lowest BCUT2D eigenvalue weighted by Gasteiger charge is -2.14. The van der Waals surface area contributed by atoms with Gasteiger partial charge in [-0.05, 0) is 18.2 Å². The molecule has 0 bridgehead atoms. The minimum absolute atomic E-state index is 0.239. The van der Waals surface area contributed by atoms with Crippen molar-refractivity contribution in [3.8, 4) is 22.8 Å². The number of aromatic nitrogens is 3. The summed E-state index contributed by atoms with van der Waals surface area (Å²) in [6, 6.07) is 5.22. The van der Waals surface area contributed by atoms with Gasteiger partial charge in [0.25, 0.3) is 0 Å². The van der Waals surface area contributed by atoms with Crippen molar-refractivity contribution < 1.29 is 27.0 Å². The average molecular weight is 458 g/mol. The first-order chi connectivity index (χ1) is 14.4. The van der Waals surface area contributed by atoms with Crippen molar-refractivity contribution >= 4 is 11.6 Å². The van der Waals surface area contributed by atoms with Gasteiger partial charge in [-0.1, -0.05) is 32.4 Å². The molecule has 0 radical (unpaired) electrons. The molecule has 0 aliphatic heterocycles. The van der Waals surface area contributed by atoms with E-state index in [1.54, 1.807) is 18.2 Å². The zero-order valence-electron chi connectivity index (χ0n) is 17.2. The van der Waals surface area contributed by atoms with Gasteiger partial charge in [-0.25, -0.2) is 9.37 Å². The Morgan fingerprint density at radius 3 is 2.39 bits per heavy atom. The highest BCUT2D eigenvalue weighted by Gasteiger charge is 2.32. The normalized spacial score (nSPS) is 12.2. The van der Waals surface area contributed by atoms with E-state index in [1.807, 2.05) is 20.8 Å². The largest absolute Gasteiger partial charge is 0.496 e. The third-order valence-corrected chi connectivity index (χ3v) is 4.69. The van der Waals surface area contributed by atoms with Crippen molar-refractivity contribution in [3.05, 3.63) is 58.5 Å². The van der Waals surface area contributed by atoms with Crippen molar-refractivity contribution in [2.24, 2.45) is 0 Å². The van der Waals surface area contributed by atoms with E-state index in [9.17, 15) is 17.6 Å². The van der Waals surface area contributed by atoms with Gasteiger partial charge in [0.2, 0.25) is 0 Å².